The van der Waals surface area contributed by atoms with Crippen molar-refractivity contribution in [3.05, 3.63) is 50.7 Å². The van der Waals surface area contributed by atoms with E-state index in [1.54, 1.807) is 6.92 Å². The second-order valence-electron chi connectivity index (χ2n) is 4.01. The fourth-order valence-corrected chi connectivity index (χ4v) is 3.35. The molecule has 2 rings (SSSR count). The number of anilines is 1. The number of sulfonamides is 1. The number of aryl methyl sites for hydroxylation is 1. The highest BCUT2D eigenvalue weighted by atomic mass is 79.9. The second-order valence-corrected chi connectivity index (χ2v) is 7.29. The Morgan fingerprint density at radius 1 is 1.25 bits per heavy atom. The van der Waals surface area contributed by atoms with Crippen LogP contribution in [-0.2, 0) is 10.0 Å². The molecule has 0 saturated heterocycles. The van der Waals surface area contributed by atoms with Crippen molar-refractivity contribution in [1.82, 2.24) is 4.98 Å². The average molecular weight is 396 g/mol. The summed E-state index contributed by atoms with van der Waals surface area (Å²) in [4.78, 5) is 4.04. The third-order valence-electron chi connectivity index (χ3n) is 2.49. The Balaban J connectivity index is 2.40. The smallest absolute Gasteiger partial charge is 0.261 e. The van der Waals surface area contributed by atoms with Crippen molar-refractivity contribution in [1.29, 1.82) is 0 Å². The van der Waals surface area contributed by atoms with Crippen LogP contribution < -0.4 is 4.72 Å². The van der Waals surface area contributed by atoms with Crippen LogP contribution in [0, 0.1) is 6.92 Å². The highest BCUT2D eigenvalue weighted by Crippen LogP contribution is 2.27. The molecule has 0 amide bonds. The van der Waals surface area contributed by atoms with Gasteiger partial charge in [-0.15, -0.1) is 0 Å². The van der Waals surface area contributed by atoms with Crippen molar-refractivity contribution in [3.8, 4) is 0 Å². The molecule has 2 aromatic rings. The van der Waals surface area contributed by atoms with Gasteiger partial charge in [0, 0.05) is 11.2 Å². The minimum Gasteiger partial charge on any atom is -0.277 e. The maximum absolute atomic E-state index is 12.3. The predicted molar refractivity (Wildman–Crippen MR) is 83.9 cm³/mol. The first-order chi connectivity index (χ1) is 9.29. The van der Waals surface area contributed by atoms with Crippen LogP contribution in [0.25, 0.3) is 0 Å². The normalized spacial score (nSPS) is 11.4. The molecule has 106 valence electrons. The van der Waals surface area contributed by atoms with Crippen molar-refractivity contribution in [2.24, 2.45) is 0 Å². The van der Waals surface area contributed by atoms with Crippen molar-refractivity contribution in [2.75, 3.05) is 4.72 Å². The lowest BCUT2D eigenvalue weighted by molar-refractivity contribution is 0.601. The third kappa shape index (κ3) is 3.44. The number of hydrogen-bond donors (Lipinski definition) is 1. The summed E-state index contributed by atoms with van der Waals surface area (Å²) in [7, 11) is -3.73. The Morgan fingerprint density at radius 3 is 2.60 bits per heavy atom. The van der Waals surface area contributed by atoms with Gasteiger partial charge in [0.25, 0.3) is 10.0 Å². The topological polar surface area (TPSA) is 59.1 Å². The van der Waals surface area contributed by atoms with E-state index in [9.17, 15) is 8.42 Å². The Labute approximate surface area is 135 Å². The van der Waals surface area contributed by atoms with E-state index in [0.29, 0.717) is 20.2 Å². The van der Waals surface area contributed by atoms with Gasteiger partial charge in [0.05, 0.1) is 15.6 Å². The minimum atomic E-state index is -3.73. The number of benzene rings is 1. The molecule has 0 saturated carbocycles. The Kier molecular flexibility index (Phi) is 4.59. The summed E-state index contributed by atoms with van der Waals surface area (Å²) in [5, 5.41) is 0.840. The van der Waals surface area contributed by atoms with Gasteiger partial charge >= 0.3 is 0 Å². The van der Waals surface area contributed by atoms with Crippen molar-refractivity contribution < 1.29 is 8.42 Å². The first-order valence-corrected chi connectivity index (χ1v) is 8.43. The summed E-state index contributed by atoms with van der Waals surface area (Å²) in [6.07, 6.45) is 1.41. The molecule has 20 heavy (non-hydrogen) atoms. The number of hydrogen-bond acceptors (Lipinski definition) is 3. The molecular weight excluding hydrogens is 387 g/mol. The van der Waals surface area contributed by atoms with Crippen LogP contribution in [0.3, 0.4) is 0 Å². The molecule has 0 spiro atoms. The molecule has 1 aromatic carbocycles. The highest BCUT2D eigenvalue weighted by molar-refractivity contribution is 9.10. The number of nitrogens with zero attached hydrogens (tertiary/aromatic N) is 1. The van der Waals surface area contributed by atoms with E-state index >= 15 is 0 Å². The van der Waals surface area contributed by atoms with Crippen LogP contribution >= 0.6 is 39.1 Å². The van der Waals surface area contributed by atoms with Crippen molar-refractivity contribution in [2.45, 2.75) is 11.8 Å². The quantitative estimate of drug-likeness (QED) is 0.789. The van der Waals surface area contributed by atoms with Gasteiger partial charge in [0.15, 0.2) is 0 Å². The van der Waals surface area contributed by atoms with Gasteiger partial charge in [-0.3, -0.25) is 4.72 Å². The van der Waals surface area contributed by atoms with Gasteiger partial charge < -0.3 is 0 Å². The van der Waals surface area contributed by atoms with Crippen LogP contribution in [0.4, 0.5) is 5.69 Å². The molecule has 0 aliphatic rings. The molecule has 0 aliphatic carbocycles. The molecule has 4 nitrogen and oxygen atoms in total. The summed E-state index contributed by atoms with van der Waals surface area (Å²) in [5.74, 6) is 0. The summed E-state index contributed by atoms with van der Waals surface area (Å²) in [5.41, 5.74) is 0.947. The number of rotatable bonds is 3. The summed E-state index contributed by atoms with van der Waals surface area (Å²) in [6.45, 7) is 1.73. The number of aromatic nitrogens is 1. The fourth-order valence-electron chi connectivity index (χ4n) is 1.48. The van der Waals surface area contributed by atoms with E-state index in [1.807, 2.05) is 0 Å². The van der Waals surface area contributed by atoms with Crippen LogP contribution in [0.15, 0.2) is 40.0 Å². The Bertz CT molecular complexity index is 766. The second kappa shape index (κ2) is 5.89. The molecular formula is C12H9BrCl2N2O2S. The molecule has 0 radical (unpaired) electrons. The highest BCUT2D eigenvalue weighted by Gasteiger charge is 2.17. The van der Waals surface area contributed by atoms with Crippen LogP contribution in [0.5, 0.6) is 0 Å². The summed E-state index contributed by atoms with van der Waals surface area (Å²) >= 11 is 14.9. The lowest BCUT2D eigenvalue weighted by Crippen LogP contribution is -2.13. The average Bonchev–Trinajstić information content (AvgIpc) is 2.36. The molecule has 1 aromatic heterocycles. The first kappa shape index (κ1) is 15.6. The maximum atomic E-state index is 12.3. The van der Waals surface area contributed by atoms with Gasteiger partial charge in [-0.05, 0) is 52.7 Å². The minimum absolute atomic E-state index is 0.117. The molecule has 0 bridgehead atoms. The predicted octanol–water partition coefficient (Wildman–Crippen LogP) is 4.26. The van der Waals surface area contributed by atoms with Gasteiger partial charge in [0.2, 0.25) is 0 Å². The molecule has 1 heterocycles. The van der Waals surface area contributed by atoms with Gasteiger partial charge in [0.1, 0.15) is 4.60 Å². The molecule has 0 unspecified atom stereocenters. The zero-order valence-electron chi connectivity index (χ0n) is 10.2. The zero-order chi connectivity index (χ0) is 14.9. The van der Waals surface area contributed by atoms with E-state index in [1.165, 1.54) is 30.5 Å². The summed E-state index contributed by atoms with van der Waals surface area (Å²) in [6, 6.07) is 5.94. The van der Waals surface area contributed by atoms with Gasteiger partial charge in [-0.25, -0.2) is 13.4 Å². The first-order valence-electron chi connectivity index (χ1n) is 5.39. The van der Waals surface area contributed by atoms with Crippen LogP contribution in [-0.4, -0.2) is 13.4 Å². The summed E-state index contributed by atoms with van der Waals surface area (Å²) < 4.78 is 27.3. The number of pyridine rings is 1. The van der Waals surface area contributed by atoms with Crippen LogP contribution in [0.2, 0.25) is 10.0 Å². The Morgan fingerprint density at radius 2 is 1.95 bits per heavy atom. The molecule has 1 N–H and O–H groups in total. The monoisotopic (exact) mass is 394 g/mol. The Hall–Kier alpha value is -0.820. The number of halogens is 3. The zero-order valence-corrected chi connectivity index (χ0v) is 14.1. The van der Waals surface area contributed by atoms with E-state index in [2.05, 4.69) is 25.6 Å². The van der Waals surface area contributed by atoms with Gasteiger partial charge in [-0.2, -0.15) is 0 Å². The largest absolute Gasteiger partial charge is 0.277 e. The van der Waals surface area contributed by atoms with Crippen molar-refractivity contribution >= 4 is 54.8 Å². The number of nitrogens with one attached hydrogen (secondary N) is 1. The lowest BCUT2D eigenvalue weighted by Gasteiger charge is -2.10. The molecule has 8 heteroatoms. The third-order valence-corrected chi connectivity index (χ3v) is 5.12. The maximum Gasteiger partial charge on any atom is 0.261 e. The molecule has 0 fully saturated rings. The van der Waals surface area contributed by atoms with Crippen LogP contribution in [0.1, 0.15) is 5.56 Å². The SMILES string of the molecule is Cc1cc(S(=O)(=O)Nc2cc(Cl)cnc2Br)ccc1Cl. The van der Waals surface area contributed by atoms with E-state index in [4.69, 9.17) is 23.2 Å². The molecule has 0 atom stereocenters. The molecule has 0 aliphatic heterocycles. The van der Waals surface area contributed by atoms with E-state index < -0.39 is 10.0 Å². The van der Waals surface area contributed by atoms with E-state index in [0.717, 1.165) is 0 Å². The standard InChI is InChI=1S/C12H9BrCl2N2O2S/c1-7-4-9(2-3-10(7)15)20(18,19)17-11-5-8(14)6-16-12(11)13/h2-6,17H,1H3. The van der Waals surface area contributed by atoms with E-state index in [-0.39, 0.29) is 10.6 Å². The fraction of sp³-hybridized carbons (Fsp3) is 0.0833. The van der Waals surface area contributed by atoms with Gasteiger partial charge in [-0.1, -0.05) is 23.2 Å². The van der Waals surface area contributed by atoms with Crippen molar-refractivity contribution in [3.63, 3.8) is 0 Å². The lowest BCUT2D eigenvalue weighted by atomic mass is 10.2.